The molecule has 0 aliphatic rings. The summed E-state index contributed by atoms with van der Waals surface area (Å²) in [5.41, 5.74) is 0. The zero-order chi connectivity index (χ0) is 38.5. The van der Waals surface area contributed by atoms with Crippen molar-refractivity contribution in [3.63, 3.8) is 0 Å². The fourth-order valence-corrected chi connectivity index (χ4v) is 22.8. The second-order valence-corrected chi connectivity index (χ2v) is 24.7. The van der Waals surface area contributed by atoms with E-state index in [0.29, 0.717) is 0 Å². The molecule has 0 bridgehead atoms. The molecule has 0 saturated carbocycles. The summed E-state index contributed by atoms with van der Waals surface area (Å²) in [6.07, 6.45) is 0. The summed E-state index contributed by atoms with van der Waals surface area (Å²) in [6.45, 7) is 0. The molecular weight excluding hydrogens is 769 g/mol. The first-order valence-corrected chi connectivity index (χ1v) is 25.6. The molecule has 0 saturated heterocycles. The summed E-state index contributed by atoms with van der Waals surface area (Å²) < 4.78 is 5.45. The van der Waals surface area contributed by atoms with E-state index in [9.17, 15) is 0 Å². The minimum absolute atomic E-state index is 1.33. The zero-order valence-electron chi connectivity index (χ0n) is 31.8. The van der Waals surface area contributed by atoms with Crippen molar-refractivity contribution in [1.82, 2.24) is 0 Å². The Hall–Kier alpha value is -6.15. The predicted molar refractivity (Wildman–Crippen MR) is 259 cm³/mol. The zero-order valence-corrected chi connectivity index (χ0v) is 35.4. The SMILES string of the molecule is c1ccc([Si](c2ccccc2)(c2ccc([Si](c3ccccc3)(c3ccccc3)c3cccc4c3sc3ccccc34)cc2)c2cccc3c2sc2ccccc23)cc1. The number of benzene rings is 9. The van der Waals surface area contributed by atoms with Crippen LogP contribution >= 0.6 is 22.7 Å². The maximum absolute atomic E-state index is 2.89. The minimum atomic E-state index is -2.89. The van der Waals surface area contributed by atoms with Crippen LogP contribution in [0, 0.1) is 0 Å². The molecule has 0 aliphatic carbocycles. The topological polar surface area (TPSA) is 0 Å². The molecule has 0 amide bonds. The molecule has 4 heteroatoms. The van der Waals surface area contributed by atoms with Crippen LogP contribution in [0.1, 0.15) is 0 Å². The van der Waals surface area contributed by atoms with Gasteiger partial charge in [-0.3, -0.25) is 0 Å². The second-order valence-electron chi connectivity index (χ2n) is 15.1. The first-order valence-electron chi connectivity index (χ1n) is 19.9. The minimum Gasteiger partial charge on any atom is -0.135 e. The van der Waals surface area contributed by atoms with E-state index in [1.165, 1.54) is 81.8 Å². The van der Waals surface area contributed by atoms with Crippen LogP contribution in [-0.4, -0.2) is 16.1 Å². The molecule has 2 heterocycles. The van der Waals surface area contributed by atoms with Gasteiger partial charge in [-0.05, 0) is 53.6 Å². The fourth-order valence-electron chi connectivity index (χ4n) is 9.74. The molecule has 11 aromatic rings. The average molecular weight is 807 g/mol. The van der Waals surface area contributed by atoms with Gasteiger partial charge in [0.1, 0.15) is 0 Å². The van der Waals surface area contributed by atoms with Crippen LogP contribution in [-0.2, 0) is 0 Å². The molecule has 0 N–H and O–H groups in total. The third-order valence-corrected chi connectivity index (χ3v) is 24.6. The molecule has 274 valence electrons. The van der Waals surface area contributed by atoms with Gasteiger partial charge in [-0.2, -0.15) is 0 Å². The molecule has 0 atom stereocenters. The maximum Gasteiger partial charge on any atom is 0.181 e. The van der Waals surface area contributed by atoms with E-state index in [0.717, 1.165) is 0 Å². The van der Waals surface area contributed by atoms with E-state index < -0.39 is 16.1 Å². The second kappa shape index (κ2) is 14.3. The van der Waals surface area contributed by atoms with E-state index in [1.54, 1.807) is 0 Å². The molecule has 11 rings (SSSR count). The lowest BCUT2D eigenvalue weighted by atomic mass is 10.1. The van der Waals surface area contributed by atoms with Gasteiger partial charge in [0.25, 0.3) is 0 Å². The normalized spacial score (nSPS) is 12.1. The van der Waals surface area contributed by atoms with E-state index in [1.807, 2.05) is 22.7 Å². The number of fused-ring (bicyclic) bond motifs is 6. The highest BCUT2D eigenvalue weighted by molar-refractivity contribution is 7.31. The first kappa shape index (κ1) is 35.1. The van der Waals surface area contributed by atoms with Gasteiger partial charge in [-0.25, -0.2) is 0 Å². The van der Waals surface area contributed by atoms with E-state index in [-0.39, 0.29) is 0 Å². The summed E-state index contributed by atoms with van der Waals surface area (Å²) in [5.74, 6) is 0. The molecular formula is C54H38S2Si2. The van der Waals surface area contributed by atoms with Gasteiger partial charge in [-0.1, -0.05) is 218 Å². The predicted octanol–water partition coefficient (Wildman–Crippen LogP) is 9.18. The summed E-state index contributed by atoms with van der Waals surface area (Å²) in [7, 11) is -5.77. The molecule has 0 aliphatic heterocycles. The Balaban J connectivity index is 1.24. The number of hydrogen-bond acceptors (Lipinski definition) is 2. The quantitative estimate of drug-likeness (QED) is 0.106. The van der Waals surface area contributed by atoms with Crippen LogP contribution in [0.15, 0.2) is 231 Å². The number of thiophene rings is 2. The van der Waals surface area contributed by atoms with Gasteiger partial charge in [0.2, 0.25) is 0 Å². The van der Waals surface area contributed by atoms with Crippen molar-refractivity contribution in [3.05, 3.63) is 231 Å². The Morgan fingerprint density at radius 2 is 0.500 bits per heavy atom. The third-order valence-electron chi connectivity index (χ3n) is 12.2. The van der Waals surface area contributed by atoms with Crippen molar-refractivity contribution in [2.75, 3.05) is 0 Å². The molecule has 0 unspecified atom stereocenters. The van der Waals surface area contributed by atoms with Crippen molar-refractivity contribution in [3.8, 4) is 0 Å². The Bertz CT molecular complexity index is 2910. The molecule has 58 heavy (non-hydrogen) atoms. The van der Waals surface area contributed by atoms with Crippen molar-refractivity contribution in [2.45, 2.75) is 0 Å². The summed E-state index contributed by atoms with van der Waals surface area (Å²) in [4.78, 5) is 0. The highest BCUT2D eigenvalue weighted by atomic mass is 32.1. The van der Waals surface area contributed by atoms with Crippen LogP contribution < -0.4 is 41.5 Å². The Morgan fingerprint density at radius 3 is 0.845 bits per heavy atom. The average Bonchev–Trinajstić information content (AvgIpc) is 3.88. The maximum atomic E-state index is 2.52. The lowest BCUT2D eigenvalue weighted by Crippen LogP contribution is -2.76. The van der Waals surface area contributed by atoms with Gasteiger partial charge >= 0.3 is 0 Å². The van der Waals surface area contributed by atoms with Crippen LogP contribution in [0.5, 0.6) is 0 Å². The van der Waals surface area contributed by atoms with Crippen molar-refractivity contribution in [1.29, 1.82) is 0 Å². The lowest BCUT2D eigenvalue weighted by molar-refractivity contribution is 1.67. The fraction of sp³-hybridized carbons (Fsp3) is 0. The molecule has 0 nitrogen and oxygen atoms in total. The number of hydrogen-bond donors (Lipinski definition) is 0. The van der Waals surface area contributed by atoms with Crippen molar-refractivity contribution < 1.29 is 0 Å². The molecule has 2 aromatic heterocycles. The van der Waals surface area contributed by atoms with Gasteiger partial charge in [0.15, 0.2) is 16.1 Å². The summed E-state index contributed by atoms with van der Waals surface area (Å²) in [5, 5.41) is 16.6. The third kappa shape index (κ3) is 5.30. The van der Waals surface area contributed by atoms with Crippen LogP contribution in [0.3, 0.4) is 0 Å². The highest BCUT2D eigenvalue weighted by Gasteiger charge is 2.46. The molecule has 9 aromatic carbocycles. The number of rotatable bonds is 8. The lowest BCUT2D eigenvalue weighted by Gasteiger charge is -2.37. The molecule has 0 spiro atoms. The summed E-state index contributed by atoms with van der Waals surface area (Å²) >= 11 is 3.89. The van der Waals surface area contributed by atoms with Gasteiger partial charge < -0.3 is 0 Å². The Kier molecular flexibility index (Phi) is 8.67. The Labute approximate surface area is 349 Å². The molecule has 0 radical (unpaired) electrons. The smallest absolute Gasteiger partial charge is 0.135 e. The largest absolute Gasteiger partial charge is 0.181 e. The van der Waals surface area contributed by atoms with E-state index in [2.05, 4.69) is 231 Å². The highest BCUT2D eigenvalue weighted by Crippen LogP contribution is 2.35. The Morgan fingerprint density at radius 1 is 0.224 bits per heavy atom. The van der Waals surface area contributed by atoms with Gasteiger partial charge in [-0.15, -0.1) is 22.7 Å². The monoisotopic (exact) mass is 806 g/mol. The van der Waals surface area contributed by atoms with Crippen molar-refractivity contribution >= 4 is 121 Å². The van der Waals surface area contributed by atoms with Crippen LogP contribution in [0.2, 0.25) is 0 Å². The standard InChI is InChI=1S/C54H38S2Si2/c1-5-19-39(20-6-1)57(40-21-7-2-8-22-40,51-33-17-29-47-45-27-13-15-31-49(45)55-53(47)51)43-35-37-44(38-36-43)58(41-23-9-3-10-24-41,42-25-11-4-12-26-42)52-34-18-30-48-46-28-14-16-32-50(46)56-54(48)52/h1-38H. The van der Waals surface area contributed by atoms with Crippen LogP contribution in [0.25, 0.3) is 40.3 Å². The van der Waals surface area contributed by atoms with E-state index in [4.69, 9.17) is 0 Å². The van der Waals surface area contributed by atoms with Crippen LogP contribution in [0.4, 0.5) is 0 Å². The van der Waals surface area contributed by atoms with Gasteiger partial charge in [0.05, 0.1) is 0 Å². The van der Waals surface area contributed by atoms with Crippen molar-refractivity contribution in [2.24, 2.45) is 0 Å². The first-order chi connectivity index (χ1) is 28.8. The molecule has 0 fully saturated rings. The summed E-state index contributed by atoms with van der Waals surface area (Å²) in [6, 6.07) is 87.6. The van der Waals surface area contributed by atoms with Gasteiger partial charge in [0, 0.05) is 40.3 Å². The van der Waals surface area contributed by atoms with E-state index >= 15 is 0 Å².